The summed E-state index contributed by atoms with van der Waals surface area (Å²) in [7, 11) is 0. The number of hydrogen-bond donors (Lipinski definition) is 0. The third kappa shape index (κ3) is 3.26. The lowest BCUT2D eigenvalue weighted by Gasteiger charge is -1.99. The predicted molar refractivity (Wildman–Crippen MR) is 86.2 cm³/mol. The van der Waals surface area contributed by atoms with Crippen molar-refractivity contribution in [3.8, 4) is 11.5 Å². The average Bonchev–Trinajstić information content (AvgIpc) is 2.97. The SMILES string of the molecule is Cc1ccc(C(=O)Cc2cnc(-c3ccc(Cl)cc3)o2)cc1. The van der Waals surface area contributed by atoms with E-state index in [-0.39, 0.29) is 12.2 Å². The highest BCUT2D eigenvalue weighted by molar-refractivity contribution is 6.30. The predicted octanol–water partition coefficient (Wildman–Crippen LogP) is 4.73. The first-order valence-corrected chi connectivity index (χ1v) is 7.30. The molecule has 0 spiro atoms. The van der Waals surface area contributed by atoms with Crippen LogP contribution in [0.3, 0.4) is 0 Å². The Balaban J connectivity index is 1.75. The summed E-state index contributed by atoms with van der Waals surface area (Å²) in [6, 6.07) is 14.7. The molecule has 0 N–H and O–H groups in total. The molecule has 0 fully saturated rings. The Morgan fingerprint density at radius 3 is 2.45 bits per heavy atom. The lowest BCUT2D eigenvalue weighted by molar-refractivity contribution is 0.0987. The number of nitrogens with zero attached hydrogens (tertiary/aromatic N) is 1. The third-order valence-electron chi connectivity index (χ3n) is 3.35. The molecule has 1 aromatic heterocycles. The summed E-state index contributed by atoms with van der Waals surface area (Å²) in [5.41, 5.74) is 2.63. The zero-order chi connectivity index (χ0) is 15.5. The standard InChI is InChI=1S/C18H14ClNO2/c1-12-2-4-13(5-3-12)17(21)10-16-11-20-18(22-16)14-6-8-15(19)9-7-14/h2-9,11H,10H2,1H3. The van der Waals surface area contributed by atoms with E-state index in [1.54, 1.807) is 18.3 Å². The van der Waals surface area contributed by atoms with Crippen LogP contribution in [0.1, 0.15) is 21.7 Å². The van der Waals surface area contributed by atoms with Gasteiger partial charge in [0.25, 0.3) is 0 Å². The van der Waals surface area contributed by atoms with E-state index < -0.39 is 0 Å². The maximum absolute atomic E-state index is 12.2. The molecule has 0 atom stereocenters. The number of aryl methyl sites for hydroxylation is 1. The van der Waals surface area contributed by atoms with Gasteiger partial charge in [-0.3, -0.25) is 4.79 Å². The Morgan fingerprint density at radius 1 is 1.09 bits per heavy atom. The number of oxazole rings is 1. The number of rotatable bonds is 4. The van der Waals surface area contributed by atoms with Crippen LogP contribution in [0.2, 0.25) is 5.02 Å². The molecule has 0 aliphatic carbocycles. The summed E-state index contributed by atoms with van der Waals surface area (Å²) < 4.78 is 5.65. The van der Waals surface area contributed by atoms with Gasteiger partial charge in [0, 0.05) is 16.1 Å². The Bertz CT molecular complexity index is 789. The second-order valence-electron chi connectivity index (χ2n) is 5.10. The van der Waals surface area contributed by atoms with Gasteiger partial charge in [0.15, 0.2) is 5.78 Å². The molecule has 0 bridgehead atoms. The molecule has 0 unspecified atom stereocenters. The van der Waals surface area contributed by atoms with Gasteiger partial charge in [0.1, 0.15) is 5.76 Å². The first-order valence-electron chi connectivity index (χ1n) is 6.92. The minimum Gasteiger partial charge on any atom is -0.441 e. The maximum atomic E-state index is 12.2. The second kappa shape index (κ2) is 6.16. The van der Waals surface area contributed by atoms with Crippen LogP contribution in [0.25, 0.3) is 11.5 Å². The molecule has 22 heavy (non-hydrogen) atoms. The zero-order valence-corrected chi connectivity index (χ0v) is 12.8. The quantitative estimate of drug-likeness (QED) is 0.654. The van der Waals surface area contributed by atoms with E-state index in [0.717, 1.165) is 11.1 Å². The lowest BCUT2D eigenvalue weighted by atomic mass is 10.1. The van der Waals surface area contributed by atoms with Crippen molar-refractivity contribution >= 4 is 17.4 Å². The summed E-state index contributed by atoms with van der Waals surface area (Å²) >= 11 is 5.86. The Kier molecular flexibility index (Phi) is 4.07. The largest absolute Gasteiger partial charge is 0.441 e. The number of benzene rings is 2. The molecule has 0 saturated heterocycles. The number of carbonyl (C=O) groups is 1. The summed E-state index contributed by atoms with van der Waals surface area (Å²) in [6.07, 6.45) is 1.79. The van der Waals surface area contributed by atoms with E-state index in [1.165, 1.54) is 0 Å². The number of aromatic nitrogens is 1. The van der Waals surface area contributed by atoms with E-state index in [9.17, 15) is 4.79 Å². The second-order valence-corrected chi connectivity index (χ2v) is 5.54. The van der Waals surface area contributed by atoms with Gasteiger partial charge >= 0.3 is 0 Å². The van der Waals surface area contributed by atoms with Gasteiger partial charge in [-0.1, -0.05) is 41.4 Å². The molecule has 0 saturated carbocycles. The van der Waals surface area contributed by atoms with Gasteiger partial charge in [-0.2, -0.15) is 0 Å². The van der Waals surface area contributed by atoms with Gasteiger partial charge in [-0.15, -0.1) is 0 Å². The molecule has 0 amide bonds. The van der Waals surface area contributed by atoms with Crippen LogP contribution < -0.4 is 0 Å². The van der Waals surface area contributed by atoms with Crippen molar-refractivity contribution in [2.24, 2.45) is 0 Å². The van der Waals surface area contributed by atoms with Crippen molar-refractivity contribution in [1.29, 1.82) is 0 Å². The van der Waals surface area contributed by atoms with Crippen molar-refractivity contribution in [2.75, 3.05) is 0 Å². The summed E-state index contributed by atoms with van der Waals surface area (Å²) in [5.74, 6) is 1.05. The molecular formula is C18H14ClNO2. The molecule has 3 nitrogen and oxygen atoms in total. The molecule has 4 heteroatoms. The number of hydrogen-bond acceptors (Lipinski definition) is 3. The zero-order valence-electron chi connectivity index (χ0n) is 12.0. The smallest absolute Gasteiger partial charge is 0.226 e. The van der Waals surface area contributed by atoms with E-state index in [4.69, 9.17) is 16.0 Å². The highest BCUT2D eigenvalue weighted by Gasteiger charge is 2.12. The minimum absolute atomic E-state index is 0.0128. The monoisotopic (exact) mass is 311 g/mol. The van der Waals surface area contributed by atoms with Crippen molar-refractivity contribution in [1.82, 2.24) is 4.98 Å². The van der Waals surface area contributed by atoms with Crippen LogP contribution in [-0.2, 0) is 6.42 Å². The highest BCUT2D eigenvalue weighted by Crippen LogP contribution is 2.22. The maximum Gasteiger partial charge on any atom is 0.226 e. The number of halogens is 1. The molecule has 1 heterocycles. The fourth-order valence-electron chi connectivity index (χ4n) is 2.11. The van der Waals surface area contributed by atoms with E-state index in [1.807, 2.05) is 43.3 Å². The summed E-state index contributed by atoms with van der Waals surface area (Å²) in [6.45, 7) is 1.99. The molecule has 0 aliphatic rings. The van der Waals surface area contributed by atoms with Crippen molar-refractivity contribution < 1.29 is 9.21 Å². The first kappa shape index (κ1) is 14.5. The third-order valence-corrected chi connectivity index (χ3v) is 3.61. The average molecular weight is 312 g/mol. The normalized spacial score (nSPS) is 10.6. The van der Waals surface area contributed by atoms with Crippen LogP contribution in [-0.4, -0.2) is 10.8 Å². The molecule has 3 aromatic rings. The van der Waals surface area contributed by atoms with Crippen LogP contribution in [0.15, 0.2) is 59.1 Å². The van der Waals surface area contributed by atoms with Gasteiger partial charge < -0.3 is 4.42 Å². The highest BCUT2D eigenvalue weighted by atomic mass is 35.5. The van der Waals surface area contributed by atoms with E-state index in [0.29, 0.717) is 22.2 Å². The number of carbonyl (C=O) groups excluding carboxylic acids is 1. The van der Waals surface area contributed by atoms with E-state index in [2.05, 4.69) is 4.98 Å². The molecule has 2 aromatic carbocycles. The van der Waals surface area contributed by atoms with Gasteiger partial charge in [0.2, 0.25) is 5.89 Å². The van der Waals surface area contributed by atoms with Crippen LogP contribution in [0.5, 0.6) is 0 Å². The van der Waals surface area contributed by atoms with Crippen LogP contribution in [0, 0.1) is 6.92 Å². The number of Topliss-reactive ketones (excluding diaryl/α,β-unsaturated/α-hetero) is 1. The Labute approximate surface area is 133 Å². The van der Waals surface area contributed by atoms with Gasteiger partial charge in [-0.05, 0) is 31.2 Å². The first-order chi connectivity index (χ1) is 10.6. The molecule has 0 radical (unpaired) electrons. The minimum atomic E-state index is 0.0128. The van der Waals surface area contributed by atoms with Gasteiger partial charge in [0.05, 0.1) is 12.6 Å². The Hall–Kier alpha value is -2.39. The van der Waals surface area contributed by atoms with Crippen molar-refractivity contribution in [2.45, 2.75) is 13.3 Å². The van der Waals surface area contributed by atoms with Crippen LogP contribution in [0.4, 0.5) is 0 Å². The summed E-state index contributed by atoms with van der Waals surface area (Å²) in [4.78, 5) is 16.4. The lowest BCUT2D eigenvalue weighted by Crippen LogP contribution is -2.02. The van der Waals surface area contributed by atoms with Gasteiger partial charge in [-0.25, -0.2) is 4.98 Å². The van der Waals surface area contributed by atoms with Crippen molar-refractivity contribution in [3.05, 3.63) is 76.6 Å². The fourth-order valence-corrected chi connectivity index (χ4v) is 2.24. The van der Waals surface area contributed by atoms with Crippen LogP contribution >= 0.6 is 11.6 Å². The van der Waals surface area contributed by atoms with Crippen molar-refractivity contribution in [3.63, 3.8) is 0 Å². The number of ketones is 1. The Morgan fingerprint density at radius 2 is 1.77 bits per heavy atom. The summed E-state index contributed by atoms with van der Waals surface area (Å²) in [5, 5.41) is 0.657. The molecule has 110 valence electrons. The molecule has 0 aliphatic heterocycles. The van der Waals surface area contributed by atoms with E-state index >= 15 is 0 Å². The fraction of sp³-hybridized carbons (Fsp3) is 0.111. The molecule has 3 rings (SSSR count). The topological polar surface area (TPSA) is 43.1 Å². The molecular weight excluding hydrogens is 298 g/mol.